The molecular formula is C17H28ClN3O. The summed E-state index contributed by atoms with van der Waals surface area (Å²) in [6.45, 7) is 5.72. The van der Waals surface area contributed by atoms with Crippen LogP contribution >= 0.6 is 12.4 Å². The Balaban J connectivity index is 0.00000242. The van der Waals surface area contributed by atoms with Gasteiger partial charge in [0.2, 0.25) is 0 Å². The SMILES string of the molecule is CCCN1C(CC)CCC1Cc1cccc(NC(N)=O)c1.Cl. The number of likely N-dealkylation sites (tertiary alicyclic amines) is 1. The van der Waals surface area contributed by atoms with Crippen molar-refractivity contribution in [2.24, 2.45) is 5.73 Å². The van der Waals surface area contributed by atoms with Crippen molar-refractivity contribution in [3.05, 3.63) is 29.8 Å². The summed E-state index contributed by atoms with van der Waals surface area (Å²) < 4.78 is 0. The molecule has 1 saturated heterocycles. The van der Waals surface area contributed by atoms with Crippen LogP contribution in [-0.2, 0) is 6.42 Å². The number of nitrogens with zero attached hydrogens (tertiary/aromatic N) is 1. The summed E-state index contributed by atoms with van der Waals surface area (Å²) in [5.41, 5.74) is 7.23. The molecule has 2 atom stereocenters. The van der Waals surface area contributed by atoms with Crippen LogP contribution in [0, 0.1) is 0 Å². The summed E-state index contributed by atoms with van der Waals surface area (Å²) >= 11 is 0. The van der Waals surface area contributed by atoms with E-state index in [4.69, 9.17) is 5.73 Å². The number of benzene rings is 1. The quantitative estimate of drug-likeness (QED) is 0.836. The molecule has 0 saturated carbocycles. The number of urea groups is 1. The largest absolute Gasteiger partial charge is 0.351 e. The second-order valence-electron chi connectivity index (χ2n) is 5.92. The van der Waals surface area contributed by atoms with Crippen LogP contribution in [0.5, 0.6) is 0 Å². The lowest BCUT2D eigenvalue weighted by atomic mass is 10.0. The maximum Gasteiger partial charge on any atom is 0.316 e. The second kappa shape index (κ2) is 9.01. The maximum atomic E-state index is 10.9. The molecule has 0 radical (unpaired) electrons. The molecule has 1 heterocycles. The monoisotopic (exact) mass is 325 g/mol. The number of nitrogens with one attached hydrogen (secondary N) is 1. The van der Waals surface area contributed by atoms with Crippen molar-refractivity contribution in [2.45, 2.75) is 58.0 Å². The first kappa shape index (κ1) is 18.8. The summed E-state index contributed by atoms with van der Waals surface area (Å²) in [6, 6.07) is 8.88. The van der Waals surface area contributed by atoms with E-state index >= 15 is 0 Å². The van der Waals surface area contributed by atoms with Gasteiger partial charge >= 0.3 is 6.03 Å². The third-order valence-corrected chi connectivity index (χ3v) is 4.39. The zero-order valence-corrected chi connectivity index (χ0v) is 14.4. The Kier molecular flexibility index (Phi) is 7.69. The average molecular weight is 326 g/mol. The van der Waals surface area contributed by atoms with Gasteiger partial charge in [0.1, 0.15) is 0 Å². The van der Waals surface area contributed by atoms with Gasteiger partial charge in [-0.25, -0.2) is 4.79 Å². The van der Waals surface area contributed by atoms with Gasteiger partial charge in [-0.2, -0.15) is 0 Å². The van der Waals surface area contributed by atoms with Crippen LogP contribution in [0.3, 0.4) is 0 Å². The molecular weight excluding hydrogens is 298 g/mol. The standard InChI is InChI=1S/C17H27N3O.ClH/c1-3-10-20-15(4-2)8-9-16(20)12-13-6-5-7-14(11-13)19-17(18)21;/h5-7,11,15-16H,3-4,8-10,12H2,1-2H3,(H3,18,19,21);1H. The molecule has 1 aromatic rings. The molecule has 1 fully saturated rings. The Hall–Kier alpha value is -1.26. The van der Waals surface area contributed by atoms with Crippen molar-refractivity contribution in [1.29, 1.82) is 0 Å². The highest BCUT2D eigenvalue weighted by Gasteiger charge is 2.31. The van der Waals surface area contributed by atoms with E-state index in [1.807, 2.05) is 18.2 Å². The molecule has 2 rings (SSSR count). The lowest BCUT2D eigenvalue weighted by molar-refractivity contribution is 0.187. The highest BCUT2D eigenvalue weighted by Crippen LogP contribution is 2.29. The first-order valence-electron chi connectivity index (χ1n) is 8.05. The zero-order chi connectivity index (χ0) is 15.2. The Morgan fingerprint density at radius 3 is 2.68 bits per heavy atom. The summed E-state index contributed by atoms with van der Waals surface area (Å²) in [5, 5.41) is 2.65. The number of rotatable bonds is 6. The first-order chi connectivity index (χ1) is 10.1. The van der Waals surface area contributed by atoms with Gasteiger partial charge in [-0.1, -0.05) is 26.0 Å². The number of halogens is 1. The molecule has 1 aromatic carbocycles. The topological polar surface area (TPSA) is 58.4 Å². The summed E-state index contributed by atoms with van der Waals surface area (Å²) in [5.74, 6) is 0. The van der Waals surface area contributed by atoms with Crippen molar-refractivity contribution < 1.29 is 4.79 Å². The minimum absolute atomic E-state index is 0. The van der Waals surface area contributed by atoms with Crippen LogP contribution in [0.1, 0.15) is 45.1 Å². The van der Waals surface area contributed by atoms with Crippen molar-refractivity contribution in [2.75, 3.05) is 11.9 Å². The summed E-state index contributed by atoms with van der Waals surface area (Å²) in [6.07, 6.45) is 6.06. The first-order valence-corrected chi connectivity index (χ1v) is 8.05. The number of hydrogen-bond donors (Lipinski definition) is 2. The van der Waals surface area contributed by atoms with E-state index in [1.54, 1.807) is 0 Å². The fraction of sp³-hybridized carbons (Fsp3) is 0.588. The molecule has 3 N–H and O–H groups in total. The van der Waals surface area contributed by atoms with Gasteiger partial charge in [-0.3, -0.25) is 4.90 Å². The van der Waals surface area contributed by atoms with Crippen LogP contribution in [0.25, 0.3) is 0 Å². The molecule has 0 aromatic heterocycles. The minimum atomic E-state index is -0.508. The van der Waals surface area contributed by atoms with Gasteiger partial charge in [-0.05, 0) is 56.3 Å². The number of nitrogens with two attached hydrogens (primary N) is 1. The van der Waals surface area contributed by atoms with Crippen molar-refractivity contribution in [3.8, 4) is 0 Å². The van der Waals surface area contributed by atoms with Gasteiger partial charge in [0, 0.05) is 17.8 Å². The van der Waals surface area contributed by atoms with Crippen molar-refractivity contribution >= 4 is 24.1 Å². The van der Waals surface area contributed by atoms with Gasteiger partial charge in [0.25, 0.3) is 0 Å². The lowest BCUT2D eigenvalue weighted by Gasteiger charge is -2.29. The van der Waals surface area contributed by atoms with Crippen LogP contribution < -0.4 is 11.1 Å². The Morgan fingerprint density at radius 1 is 1.32 bits per heavy atom. The molecule has 2 unspecified atom stereocenters. The Morgan fingerprint density at radius 2 is 2.05 bits per heavy atom. The van der Waals surface area contributed by atoms with E-state index in [9.17, 15) is 4.79 Å². The zero-order valence-electron chi connectivity index (χ0n) is 13.5. The molecule has 5 heteroatoms. The number of amides is 2. The van der Waals surface area contributed by atoms with Gasteiger partial charge in [0.15, 0.2) is 0 Å². The third-order valence-electron chi connectivity index (χ3n) is 4.39. The fourth-order valence-corrected chi connectivity index (χ4v) is 3.49. The van der Waals surface area contributed by atoms with E-state index in [0.717, 1.165) is 18.2 Å². The summed E-state index contributed by atoms with van der Waals surface area (Å²) in [7, 11) is 0. The highest BCUT2D eigenvalue weighted by molar-refractivity contribution is 5.87. The van der Waals surface area contributed by atoms with E-state index < -0.39 is 6.03 Å². The Labute approximate surface area is 139 Å². The minimum Gasteiger partial charge on any atom is -0.351 e. The van der Waals surface area contributed by atoms with Crippen LogP contribution in [-0.4, -0.2) is 29.6 Å². The van der Waals surface area contributed by atoms with Crippen LogP contribution in [0.2, 0.25) is 0 Å². The van der Waals surface area contributed by atoms with Crippen molar-refractivity contribution in [1.82, 2.24) is 4.90 Å². The van der Waals surface area contributed by atoms with E-state index in [-0.39, 0.29) is 12.4 Å². The molecule has 2 amide bonds. The third kappa shape index (κ3) is 4.89. The fourth-order valence-electron chi connectivity index (χ4n) is 3.49. The maximum absolute atomic E-state index is 10.9. The predicted octanol–water partition coefficient (Wildman–Crippen LogP) is 3.79. The molecule has 0 spiro atoms. The molecule has 4 nitrogen and oxygen atoms in total. The van der Waals surface area contributed by atoms with Gasteiger partial charge in [-0.15, -0.1) is 12.4 Å². The molecule has 22 heavy (non-hydrogen) atoms. The van der Waals surface area contributed by atoms with Crippen LogP contribution in [0.4, 0.5) is 10.5 Å². The Bertz CT molecular complexity index is 481. The predicted molar refractivity (Wildman–Crippen MR) is 94.7 cm³/mol. The van der Waals surface area contributed by atoms with E-state index in [0.29, 0.717) is 6.04 Å². The lowest BCUT2D eigenvalue weighted by Crippen LogP contribution is -2.37. The van der Waals surface area contributed by atoms with E-state index in [1.165, 1.54) is 37.8 Å². The van der Waals surface area contributed by atoms with Gasteiger partial charge in [0.05, 0.1) is 0 Å². The number of anilines is 1. The molecule has 1 aliphatic heterocycles. The number of hydrogen-bond acceptors (Lipinski definition) is 2. The van der Waals surface area contributed by atoms with Crippen molar-refractivity contribution in [3.63, 3.8) is 0 Å². The number of primary amides is 1. The average Bonchev–Trinajstić information content (AvgIpc) is 2.81. The molecule has 0 bridgehead atoms. The molecule has 1 aliphatic rings. The number of carbonyl (C=O) groups excluding carboxylic acids is 1. The summed E-state index contributed by atoms with van der Waals surface area (Å²) in [4.78, 5) is 13.6. The van der Waals surface area contributed by atoms with E-state index in [2.05, 4.69) is 30.1 Å². The highest BCUT2D eigenvalue weighted by atomic mass is 35.5. The molecule has 124 valence electrons. The van der Waals surface area contributed by atoms with Crippen LogP contribution in [0.15, 0.2) is 24.3 Å². The number of carbonyl (C=O) groups is 1. The molecule has 0 aliphatic carbocycles. The second-order valence-corrected chi connectivity index (χ2v) is 5.92. The van der Waals surface area contributed by atoms with Gasteiger partial charge < -0.3 is 11.1 Å². The normalized spacial score (nSPS) is 21.4. The smallest absolute Gasteiger partial charge is 0.316 e.